The molecule has 0 fully saturated rings. The van der Waals surface area contributed by atoms with E-state index in [0.29, 0.717) is 33.7 Å². The van der Waals surface area contributed by atoms with Gasteiger partial charge in [-0.2, -0.15) is 9.78 Å². The molecule has 0 spiro atoms. The number of ether oxygens (including phenoxy) is 1. The normalized spacial score (nSPS) is 11.8. The van der Waals surface area contributed by atoms with Gasteiger partial charge in [-0.15, -0.1) is 0 Å². The summed E-state index contributed by atoms with van der Waals surface area (Å²) in [7, 11) is 4.07. The van der Waals surface area contributed by atoms with Gasteiger partial charge in [0.1, 0.15) is 0 Å². The van der Waals surface area contributed by atoms with Gasteiger partial charge in [-0.1, -0.05) is 48.0 Å². The largest absolute Gasteiger partial charge is 0.437 e. The first-order chi connectivity index (χ1) is 16.8. The molecular weight excluding hydrogens is 462 g/mol. The van der Waals surface area contributed by atoms with E-state index in [2.05, 4.69) is 27.6 Å². The average molecular weight is 490 g/mol. The topological polar surface area (TPSA) is 71.4 Å². The van der Waals surface area contributed by atoms with Crippen molar-refractivity contribution in [1.29, 1.82) is 0 Å². The number of carbonyl (C=O) groups is 1. The molecule has 4 aromatic rings. The summed E-state index contributed by atoms with van der Waals surface area (Å²) in [5, 5.41) is 10.8. The second kappa shape index (κ2) is 10.6. The number of halogens is 1. The van der Waals surface area contributed by atoms with Crippen LogP contribution in [0.3, 0.4) is 0 Å². The fraction of sp³-hybridized carbons (Fsp3) is 0.185. The molecular formula is C27H28ClN5O2. The van der Waals surface area contributed by atoms with Crippen LogP contribution in [-0.2, 0) is 0 Å². The summed E-state index contributed by atoms with van der Waals surface area (Å²) in [6, 6.07) is 24.2. The van der Waals surface area contributed by atoms with E-state index in [9.17, 15) is 4.79 Å². The van der Waals surface area contributed by atoms with Crippen LogP contribution in [0.5, 0.6) is 11.6 Å². The van der Waals surface area contributed by atoms with Crippen LogP contribution < -0.4 is 15.4 Å². The van der Waals surface area contributed by atoms with Crippen LogP contribution in [-0.4, -0.2) is 34.8 Å². The number of nitrogens with one attached hydrogen (secondary N) is 2. The van der Waals surface area contributed by atoms with Gasteiger partial charge in [0.15, 0.2) is 5.75 Å². The van der Waals surface area contributed by atoms with Gasteiger partial charge in [-0.05, 0) is 69.9 Å². The predicted octanol–water partition coefficient (Wildman–Crippen LogP) is 6.89. The van der Waals surface area contributed by atoms with Crippen molar-refractivity contribution in [3.63, 3.8) is 0 Å². The third-order valence-electron chi connectivity index (χ3n) is 5.65. The van der Waals surface area contributed by atoms with Crippen molar-refractivity contribution >= 4 is 29.0 Å². The van der Waals surface area contributed by atoms with Crippen LogP contribution in [0.4, 0.5) is 16.2 Å². The minimum atomic E-state index is -0.370. The van der Waals surface area contributed by atoms with Crippen LogP contribution in [0.1, 0.15) is 24.2 Å². The van der Waals surface area contributed by atoms with Gasteiger partial charge in [0.2, 0.25) is 5.88 Å². The fourth-order valence-corrected chi connectivity index (χ4v) is 3.76. The minimum absolute atomic E-state index is 0.282. The molecule has 4 rings (SSSR count). The van der Waals surface area contributed by atoms with E-state index in [-0.39, 0.29) is 12.1 Å². The fourth-order valence-electron chi connectivity index (χ4n) is 3.54. The molecule has 1 heterocycles. The third kappa shape index (κ3) is 5.82. The van der Waals surface area contributed by atoms with Gasteiger partial charge in [0.25, 0.3) is 0 Å². The van der Waals surface area contributed by atoms with Gasteiger partial charge >= 0.3 is 6.03 Å². The maximum absolute atomic E-state index is 12.7. The molecule has 7 nitrogen and oxygen atoms in total. The lowest BCUT2D eigenvalue weighted by atomic mass is 10.1. The Hall–Kier alpha value is -3.81. The molecule has 8 heteroatoms. The van der Waals surface area contributed by atoms with Crippen molar-refractivity contribution in [1.82, 2.24) is 14.7 Å². The lowest BCUT2D eigenvalue weighted by Gasteiger charge is -2.20. The second-order valence-electron chi connectivity index (χ2n) is 8.43. The number of aryl methyl sites for hydroxylation is 1. The Morgan fingerprint density at radius 1 is 1.00 bits per heavy atom. The number of para-hydroxylation sites is 3. The van der Waals surface area contributed by atoms with Crippen LogP contribution in [0, 0.1) is 6.92 Å². The highest BCUT2D eigenvalue weighted by Gasteiger charge is 2.15. The summed E-state index contributed by atoms with van der Waals surface area (Å²) < 4.78 is 7.82. The molecule has 0 saturated heterocycles. The molecule has 0 radical (unpaired) electrons. The summed E-state index contributed by atoms with van der Waals surface area (Å²) >= 11 is 6.38. The highest BCUT2D eigenvalue weighted by Crippen LogP contribution is 2.33. The van der Waals surface area contributed by atoms with Gasteiger partial charge < -0.3 is 20.3 Å². The number of hydrogen-bond acceptors (Lipinski definition) is 4. The molecule has 2 N–H and O–H groups in total. The highest BCUT2D eigenvalue weighted by molar-refractivity contribution is 6.32. The molecule has 0 aliphatic heterocycles. The summed E-state index contributed by atoms with van der Waals surface area (Å²) in [6.45, 7) is 4.01. The Morgan fingerprint density at radius 2 is 1.69 bits per heavy atom. The van der Waals surface area contributed by atoms with Gasteiger partial charge in [0.05, 0.1) is 22.1 Å². The maximum Gasteiger partial charge on any atom is 0.323 e. The zero-order chi connectivity index (χ0) is 24.9. The van der Waals surface area contributed by atoms with Crippen molar-refractivity contribution in [2.45, 2.75) is 19.9 Å². The standard InChI is InChI=1S/C27H28ClN5O2/c1-18-17-26(33(31-18)24-11-7-5-9-22(24)28)35-25-12-8-6-10-23(25)30-27(34)29-21-15-13-20(14-16-21)19(2)32(3)4/h5-17,19H,1-4H3,(H2,29,30,34). The molecule has 1 atom stereocenters. The highest BCUT2D eigenvalue weighted by atomic mass is 35.5. The molecule has 3 aromatic carbocycles. The van der Waals surface area contributed by atoms with E-state index < -0.39 is 0 Å². The number of urea groups is 1. The van der Waals surface area contributed by atoms with Crippen molar-refractivity contribution in [3.8, 4) is 17.3 Å². The lowest BCUT2D eigenvalue weighted by molar-refractivity contribution is 0.262. The quantitative estimate of drug-likeness (QED) is 0.296. The summed E-state index contributed by atoms with van der Waals surface area (Å²) in [5.74, 6) is 0.960. The van der Waals surface area contributed by atoms with Crippen LogP contribution in [0.15, 0.2) is 78.9 Å². The molecule has 0 saturated carbocycles. The molecule has 0 aliphatic carbocycles. The van der Waals surface area contributed by atoms with Gasteiger partial charge in [0, 0.05) is 17.8 Å². The van der Waals surface area contributed by atoms with Crippen molar-refractivity contribution in [3.05, 3.63) is 95.1 Å². The first kappa shape index (κ1) is 24.3. The first-order valence-corrected chi connectivity index (χ1v) is 11.6. The zero-order valence-corrected chi connectivity index (χ0v) is 20.9. The predicted molar refractivity (Wildman–Crippen MR) is 141 cm³/mol. The zero-order valence-electron chi connectivity index (χ0n) is 20.1. The van der Waals surface area contributed by atoms with Crippen LogP contribution >= 0.6 is 11.6 Å². The Balaban J connectivity index is 1.50. The maximum atomic E-state index is 12.7. The number of hydrogen-bond donors (Lipinski definition) is 2. The van der Waals surface area contributed by atoms with E-state index in [1.165, 1.54) is 5.56 Å². The van der Waals surface area contributed by atoms with E-state index >= 15 is 0 Å². The minimum Gasteiger partial charge on any atom is -0.437 e. The van der Waals surface area contributed by atoms with Crippen molar-refractivity contribution < 1.29 is 9.53 Å². The van der Waals surface area contributed by atoms with E-state index in [1.807, 2.05) is 81.7 Å². The number of rotatable bonds is 7. The Bertz CT molecular complexity index is 1320. The van der Waals surface area contributed by atoms with Crippen LogP contribution in [0.2, 0.25) is 5.02 Å². The summed E-state index contributed by atoms with van der Waals surface area (Å²) in [4.78, 5) is 14.9. The van der Waals surface area contributed by atoms with Crippen molar-refractivity contribution in [2.75, 3.05) is 24.7 Å². The molecule has 180 valence electrons. The van der Waals surface area contributed by atoms with E-state index in [4.69, 9.17) is 16.3 Å². The van der Waals surface area contributed by atoms with Crippen LogP contribution in [0.25, 0.3) is 5.69 Å². The molecule has 1 unspecified atom stereocenters. The number of carbonyl (C=O) groups excluding carboxylic acids is 1. The Kier molecular flexibility index (Phi) is 7.39. The lowest BCUT2D eigenvalue weighted by Crippen LogP contribution is -2.20. The molecule has 2 amide bonds. The number of anilines is 2. The molecule has 0 aliphatic rings. The third-order valence-corrected chi connectivity index (χ3v) is 5.97. The molecule has 0 bridgehead atoms. The molecule has 35 heavy (non-hydrogen) atoms. The summed E-state index contributed by atoms with van der Waals surface area (Å²) in [5.41, 5.74) is 3.86. The van der Waals surface area contributed by atoms with Crippen molar-refractivity contribution in [2.24, 2.45) is 0 Å². The van der Waals surface area contributed by atoms with Gasteiger partial charge in [-0.3, -0.25) is 0 Å². The SMILES string of the molecule is Cc1cc(Oc2ccccc2NC(=O)Nc2ccc(C(C)N(C)C)cc2)n(-c2ccccc2Cl)n1. The number of aromatic nitrogens is 2. The number of amides is 2. The second-order valence-corrected chi connectivity index (χ2v) is 8.83. The Morgan fingerprint density at radius 3 is 2.40 bits per heavy atom. The average Bonchev–Trinajstić information content (AvgIpc) is 3.20. The van der Waals surface area contributed by atoms with E-state index in [1.54, 1.807) is 22.9 Å². The van der Waals surface area contributed by atoms with E-state index in [0.717, 1.165) is 5.69 Å². The monoisotopic (exact) mass is 489 g/mol. The first-order valence-electron chi connectivity index (χ1n) is 11.2. The molecule has 1 aromatic heterocycles. The smallest absolute Gasteiger partial charge is 0.323 e. The summed E-state index contributed by atoms with van der Waals surface area (Å²) in [6.07, 6.45) is 0. The van der Waals surface area contributed by atoms with Gasteiger partial charge in [-0.25, -0.2) is 4.79 Å². The number of benzene rings is 3. The number of nitrogens with zero attached hydrogens (tertiary/aromatic N) is 3. The Labute approximate surface area is 210 Å².